The van der Waals surface area contributed by atoms with Gasteiger partial charge in [-0.1, -0.05) is 67.6 Å². The van der Waals surface area contributed by atoms with Crippen LogP contribution in [0.2, 0.25) is 0 Å². The van der Waals surface area contributed by atoms with Crippen molar-refractivity contribution in [2.45, 2.75) is 25.9 Å². The highest BCUT2D eigenvalue weighted by molar-refractivity contribution is 5.72. The molecule has 0 aromatic heterocycles. The molecule has 3 heteroatoms. The topological polar surface area (TPSA) is 40.5 Å². The zero-order chi connectivity index (χ0) is 16.2. The maximum Gasteiger partial charge on any atom is 0.308 e. The Kier molecular flexibility index (Phi) is 4.77. The van der Waals surface area contributed by atoms with Gasteiger partial charge in [-0.05, 0) is 23.5 Å². The van der Waals surface area contributed by atoms with E-state index in [1.165, 1.54) is 11.1 Å². The van der Waals surface area contributed by atoms with E-state index in [4.69, 9.17) is 0 Å². The summed E-state index contributed by atoms with van der Waals surface area (Å²) in [7, 11) is 0. The Bertz CT molecular complexity index is 641. The van der Waals surface area contributed by atoms with Gasteiger partial charge in [-0.2, -0.15) is 0 Å². The van der Waals surface area contributed by atoms with E-state index in [2.05, 4.69) is 36.1 Å². The van der Waals surface area contributed by atoms with E-state index >= 15 is 0 Å². The van der Waals surface area contributed by atoms with Gasteiger partial charge in [0.25, 0.3) is 0 Å². The Morgan fingerprint density at radius 3 is 2.17 bits per heavy atom. The van der Waals surface area contributed by atoms with Crippen LogP contribution in [0.4, 0.5) is 0 Å². The molecule has 0 radical (unpaired) electrons. The van der Waals surface area contributed by atoms with Crippen molar-refractivity contribution in [1.82, 2.24) is 4.90 Å². The number of hydrogen-bond donors (Lipinski definition) is 1. The number of likely N-dealkylation sites (tertiary alicyclic amines) is 1. The monoisotopic (exact) mass is 309 g/mol. The molecule has 0 aliphatic carbocycles. The second-order valence-electron chi connectivity index (χ2n) is 6.51. The van der Waals surface area contributed by atoms with E-state index in [1.54, 1.807) is 0 Å². The fourth-order valence-corrected chi connectivity index (χ4v) is 3.74. The predicted octanol–water partition coefficient (Wildman–Crippen LogP) is 3.45. The number of carboxylic acids is 1. The van der Waals surface area contributed by atoms with Crippen molar-refractivity contribution >= 4 is 5.97 Å². The third-order valence-corrected chi connectivity index (χ3v) is 4.82. The molecule has 1 N–H and O–H groups in total. The van der Waals surface area contributed by atoms with Crippen LogP contribution in [0.3, 0.4) is 0 Å². The average Bonchev–Trinajstić information content (AvgIpc) is 2.85. The van der Waals surface area contributed by atoms with Gasteiger partial charge in [-0.15, -0.1) is 0 Å². The predicted molar refractivity (Wildman–Crippen MR) is 91.1 cm³/mol. The third-order valence-electron chi connectivity index (χ3n) is 4.82. The summed E-state index contributed by atoms with van der Waals surface area (Å²) in [5.74, 6) is -0.808. The molecule has 0 spiro atoms. The molecule has 1 fully saturated rings. The van der Waals surface area contributed by atoms with Gasteiger partial charge < -0.3 is 5.11 Å². The molecule has 0 amide bonds. The first-order valence-electron chi connectivity index (χ1n) is 8.20. The van der Waals surface area contributed by atoms with Gasteiger partial charge in [0, 0.05) is 19.1 Å². The summed E-state index contributed by atoms with van der Waals surface area (Å²) in [6.07, 6.45) is 0.787. The smallest absolute Gasteiger partial charge is 0.308 e. The fourth-order valence-electron chi connectivity index (χ4n) is 3.74. The van der Waals surface area contributed by atoms with Crippen molar-refractivity contribution in [3.63, 3.8) is 0 Å². The highest BCUT2D eigenvalue weighted by Gasteiger charge is 2.43. The third kappa shape index (κ3) is 3.62. The van der Waals surface area contributed by atoms with Crippen LogP contribution >= 0.6 is 0 Å². The van der Waals surface area contributed by atoms with Gasteiger partial charge in [0.1, 0.15) is 0 Å². The molecule has 1 heterocycles. The number of benzene rings is 2. The number of rotatable bonds is 5. The van der Waals surface area contributed by atoms with Crippen LogP contribution in [-0.2, 0) is 17.8 Å². The highest BCUT2D eigenvalue weighted by Crippen LogP contribution is 2.33. The fraction of sp³-hybridized carbons (Fsp3) is 0.350. The van der Waals surface area contributed by atoms with E-state index < -0.39 is 5.97 Å². The highest BCUT2D eigenvalue weighted by atomic mass is 16.4. The van der Waals surface area contributed by atoms with Gasteiger partial charge in [-0.3, -0.25) is 9.69 Å². The molecule has 2 aromatic carbocycles. The molecule has 120 valence electrons. The molecular formula is C20H23NO2. The largest absolute Gasteiger partial charge is 0.481 e. The Hall–Kier alpha value is -2.13. The van der Waals surface area contributed by atoms with E-state index in [0.29, 0.717) is 0 Å². The second-order valence-corrected chi connectivity index (χ2v) is 6.51. The molecule has 3 unspecified atom stereocenters. The maximum absolute atomic E-state index is 11.8. The molecule has 1 aliphatic heterocycles. The average molecular weight is 309 g/mol. The van der Waals surface area contributed by atoms with E-state index in [-0.39, 0.29) is 17.9 Å². The second kappa shape index (κ2) is 6.97. The van der Waals surface area contributed by atoms with Gasteiger partial charge in [0.05, 0.1) is 5.92 Å². The van der Waals surface area contributed by atoms with Gasteiger partial charge in [0.2, 0.25) is 0 Å². The van der Waals surface area contributed by atoms with Gasteiger partial charge >= 0.3 is 5.97 Å². The number of carbonyl (C=O) groups is 1. The Labute approximate surface area is 137 Å². The van der Waals surface area contributed by atoms with Crippen molar-refractivity contribution < 1.29 is 9.90 Å². The van der Waals surface area contributed by atoms with Crippen LogP contribution < -0.4 is 0 Å². The molecule has 1 saturated heterocycles. The zero-order valence-corrected chi connectivity index (χ0v) is 13.4. The summed E-state index contributed by atoms with van der Waals surface area (Å²) in [6, 6.07) is 20.6. The molecule has 1 aliphatic rings. The van der Waals surface area contributed by atoms with E-state index in [0.717, 1.165) is 19.5 Å². The van der Waals surface area contributed by atoms with E-state index in [9.17, 15) is 9.90 Å². The van der Waals surface area contributed by atoms with Gasteiger partial charge in [0.15, 0.2) is 0 Å². The lowest BCUT2D eigenvalue weighted by Gasteiger charge is -2.27. The standard InChI is InChI=1S/C20H23NO2/c1-15-13-21(14-17-10-6-3-7-11-17)18(19(15)20(22)23)12-16-8-4-2-5-9-16/h2-11,15,18-19H,12-14H2,1H3,(H,22,23). The first kappa shape index (κ1) is 15.8. The summed E-state index contributed by atoms with van der Waals surface area (Å²) < 4.78 is 0. The van der Waals surface area contributed by atoms with Crippen molar-refractivity contribution in [2.24, 2.45) is 11.8 Å². The van der Waals surface area contributed by atoms with Crippen molar-refractivity contribution in [2.75, 3.05) is 6.54 Å². The molecule has 3 atom stereocenters. The first-order chi connectivity index (χ1) is 11.1. The minimum absolute atomic E-state index is 0.0464. The Morgan fingerprint density at radius 1 is 1.04 bits per heavy atom. The maximum atomic E-state index is 11.8. The molecule has 2 aromatic rings. The molecular weight excluding hydrogens is 286 g/mol. The number of hydrogen-bond acceptors (Lipinski definition) is 2. The number of aliphatic carboxylic acids is 1. The van der Waals surface area contributed by atoms with Crippen LogP contribution in [0, 0.1) is 11.8 Å². The lowest BCUT2D eigenvalue weighted by atomic mass is 9.88. The van der Waals surface area contributed by atoms with Gasteiger partial charge in [-0.25, -0.2) is 0 Å². The minimum Gasteiger partial charge on any atom is -0.481 e. The lowest BCUT2D eigenvalue weighted by Crippen LogP contribution is -2.37. The van der Waals surface area contributed by atoms with Crippen LogP contribution in [-0.4, -0.2) is 28.6 Å². The molecule has 23 heavy (non-hydrogen) atoms. The minimum atomic E-state index is -0.672. The van der Waals surface area contributed by atoms with Crippen molar-refractivity contribution in [3.8, 4) is 0 Å². The number of carboxylic acid groups (broad SMARTS) is 1. The van der Waals surface area contributed by atoms with Crippen LogP contribution in [0.15, 0.2) is 60.7 Å². The normalized spacial score (nSPS) is 24.7. The van der Waals surface area contributed by atoms with E-state index in [1.807, 2.05) is 36.4 Å². The lowest BCUT2D eigenvalue weighted by molar-refractivity contribution is -0.143. The van der Waals surface area contributed by atoms with Crippen LogP contribution in [0.5, 0.6) is 0 Å². The van der Waals surface area contributed by atoms with Crippen molar-refractivity contribution in [1.29, 1.82) is 0 Å². The first-order valence-corrected chi connectivity index (χ1v) is 8.20. The number of nitrogens with zero attached hydrogens (tertiary/aromatic N) is 1. The summed E-state index contributed by atoms with van der Waals surface area (Å²) in [4.78, 5) is 14.1. The Morgan fingerprint density at radius 2 is 1.61 bits per heavy atom. The molecule has 0 saturated carbocycles. The summed E-state index contributed by atoms with van der Waals surface area (Å²) in [6.45, 7) is 3.71. The van der Waals surface area contributed by atoms with Crippen molar-refractivity contribution in [3.05, 3.63) is 71.8 Å². The molecule has 3 rings (SSSR count). The summed E-state index contributed by atoms with van der Waals surface area (Å²) in [5.41, 5.74) is 2.44. The molecule has 3 nitrogen and oxygen atoms in total. The quantitative estimate of drug-likeness (QED) is 0.919. The van der Waals surface area contributed by atoms with Crippen LogP contribution in [0.25, 0.3) is 0 Å². The molecule has 0 bridgehead atoms. The SMILES string of the molecule is CC1CN(Cc2ccccc2)C(Cc2ccccc2)C1C(=O)O. The Balaban J connectivity index is 1.83. The summed E-state index contributed by atoms with van der Waals surface area (Å²) >= 11 is 0. The summed E-state index contributed by atoms with van der Waals surface area (Å²) in [5, 5.41) is 9.69. The van der Waals surface area contributed by atoms with Crippen LogP contribution in [0.1, 0.15) is 18.1 Å². The zero-order valence-electron chi connectivity index (χ0n) is 13.4.